The van der Waals surface area contributed by atoms with Gasteiger partial charge in [0, 0.05) is 11.3 Å². The van der Waals surface area contributed by atoms with Gasteiger partial charge < -0.3 is 20.3 Å². The molecular formula is C16H20N2O5. The molecule has 1 aliphatic heterocycles. The van der Waals surface area contributed by atoms with Crippen molar-refractivity contribution in [3.63, 3.8) is 0 Å². The van der Waals surface area contributed by atoms with Gasteiger partial charge in [0.2, 0.25) is 0 Å². The monoisotopic (exact) mass is 320 g/mol. The van der Waals surface area contributed by atoms with Gasteiger partial charge in [-0.2, -0.15) is 0 Å². The van der Waals surface area contributed by atoms with E-state index in [0.29, 0.717) is 11.3 Å². The van der Waals surface area contributed by atoms with Gasteiger partial charge in [-0.05, 0) is 19.9 Å². The largest absolute Gasteiger partial charge is 0.508 e. The molecule has 7 heteroatoms. The molecule has 2 amide bonds. The molecule has 0 saturated carbocycles. The van der Waals surface area contributed by atoms with E-state index < -0.39 is 18.0 Å². The van der Waals surface area contributed by atoms with Gasteiger partial charge in [-0.25, -0.2) is 9.59 Å². The second kappa shape index (κ2) is 7.15. The maximum atomic E-state index is 12.4. The number of β-amino-alcohol motifs (C(OH)–C–C–N with tert-alkyl or cyclic N) is 1. The molecule has 0 bridgehead atoms. The summed E-state index contributed by atoms with van der Waals surface area (Å²) in [5, 5.41) is 21.8. The van der Waals surface area contributed by atoms with E-state index in [0.717, 1.165) is 0 Å². The van der Waals surface area contributed by atoms with Gasteiger partial charge in [-0.1, -0.05) is 18.2 Å². The van der Waals surface area contributed by atoms with Gasteiger partial charge >= 0.3 is 12.0 Å². The molecule has 1 atom stereocenters. The lowest BCUT2D eigenvalue weighted by Crippen LogP contribution is -2.48. The standard InChI is InChI=1S/C16H20N2O5/c1-3-23-15(21)13-10(2)18(8-9-19)16(22)17-14(13)11-6-4-5-7-12(11)20/h4-7,14,19-20H,3,8-9H2,1-2H3,(H,17,22)/t14-/m0/s1. The van der Waals surface area contributed by atoms with Crippen LogP contribution in [0.25, 0.3) is 0 Å². The molecular weight excluding hydrogens is 300 g/mol. The van der Waals surface area contributed by atoms with Crippen molar-refractivity contribution < 1.29 is 24.5 Å². The van der Waals surface area contributed by atoms with E-state index in [1.54, 1.807) is 32.0 Å². The average Bonchev–Trinajstić information content (AvgIpc) is 2.51. The fraction of sp³-hybridized carbons (Fsp3) is 0.375. The van der Waals surface area contributed by atoms with Crippen LogP contribution in [-0.4, -0.2) is 46.9 Å². The Morgan fingerprint density at radius 2 is 2.09 bits per heavy atom. The Balaban J connectivity index is 2.54. The van der Waals surface area contributed by atoms with Crippen LogP contribution >= 0.6 is 0 Å². The van der Waals surface area contributed by atoms with Crippen LogP contribution in [0.3, 0.4) is 0 Å². The lowest BCUT2D eigenvalue weighted by Gasteiger charge is -2.35. The zero-order valence-electron chi connectivity index (χ0n) is 13.1. The van der Waals surface area contributed by atoms with Crippen LogP contribution in [0.2, 0.25) is 0 Å². The number of para-hydroxylation sites is 1. The minimum Gasteiger partial charge on any atom is -0.508 e. The third-order valence-corrected chi connectivity index (χ3v) is 3.66. The molecule has 0 saturated heterocycles. The highest BCUT2D eigenvalue weighted by molar-refractivity contribution is 5.95. The van der Waals surface area contributed by atoms with Crippen LogP contribution in [-0.2, 0) is 9.53 Å². The summed E-state index contributed by atoms with van der Waals surface area (Å²) in [6, 6.07) is 5.23. The summed E-state index contributed by atoms with van der Waals surface area (Å²) >= 11 is 0. The Kier molecular flexibility index (Phi) is 5.23. The zero-order valence-corrected chi connectivity index (χ0v) is 13.1. The fourth-order valence-electron chi connectivity index (χ4n) is 2.59. The van der Waals surface area contributed by atoms with Crippen molar-refractivity contribution >= 4 is 12.0 Å². The van der Waals surface area contributed by atoms with E-state index in [9.17, 15) is 14.7 Å². The number of urea groups is 1. The first-order chi connectivity index (χ1) is 11.0. The second-order valence-corrected chi connectivity index (χ2v) is 5.04. The van der Waals surface area contributed by atoms with E-state index in [4.69, 9.17) is 9.84 Å². The van der Waals surface area contributed by atoms with Crippen LogP contribution in [0.1, 0.15) is 25.5 Å². The number of phenolic OH excluding ortho intramolecular Hbond substituents is 1. The third kappa shape index (κ3) is 3.29. The van der Waals surface area contributed by atoms with Crippen molar-refractivity contribution in [1.29, 1.82) is 0 Å². The fourth-order valence-corrected chi connectivity index (χ4v) is 2.59. The molecule has 1 aliphatic rings. The number of allylic oxidation sites excluding steroid dienone is 1. The molecule has 7 nitrogen and oxygen atoms in total. The summed E-state index contributed by atoms with van der Waals surface area (Å²) in [6.45, 7) is 3.33. The Bertz CT molecular complexity index is 641. The Hall–Kier alpha value is -2.54. The maximum Gasteiger partial charge on any atom is 0.338 e. The van der Waals surface area contributed by atoms with Crippen molar-refractivity contribution in [2.75, 3.05) is 19.8 Å². The molecule has 0 unspecified atom stereocenters. The van der Waals surface area contributed by atoms with Crippen molar-refractivity contribution in [3.05, 3.63) is 41.1 Å². The highest BCUT2D eigenvalue weighted by Gasteiger charge is 2.37. The number of aliphatic hydroxyl groups excluding tert-OH is 1. The molecule has 1 aromatic carbocycles. The Morgan fingerprint density at radius 1 is 1.39 bits per heavy atom. The molecule has 0 aromatic heterocycles. The second-order valence-electron chi connectivity index (χ2n) is 5.04. The highest BCUT2D eigenvalue weighted by atomic mass is 16.5. The summed E-state index contributed by atoms with van der Waals surface area (Å²) in [5.41, 5.74) is 1.04. The summed E-state index contributed by atoms with van der Waals surface area (Å²) in [5.74, 6) is -0.593. The molecule has 0 aliphatic carbocycles. The number of hydrogen-bond donors (Lipinski definition) is 3. The van der Waals surface area contributed by atoms with Gasteiger partial charge in [-0.15, -0.1) is 0 Å². The normalized spacial score (nSPS) is 18.0. The van der Waals surface area contributed by atoms with Gasteiger partial charge in [-0.3, -0.25) is 4.90 Å². The minimum absolute atomic E-state index is 0.0250. The number of ether oxygens (including phenoxy) is 1. The number of rotatable bonds is 5. The number of nitrogens with zero attached hydrogens (tertiary/aromatic N) is 1. The topological polar surface area (TPSA) is 99.1 Å². The van der Waals surface area contributed by atoms with Gasteiger partial charge in [0.1, 0.15) is 5.75 Å². The summed E-state index contributed by atoms with van der Waals surface area (Å²) in [4.78, 5) is 25.9. The number of hydrogen-bond acceptors (Lipinski definition) is 5. The van der Waals surface area contributed by atoms with Crippen LogP contribution in [0.4, 0.5) is 4.79 Å². The van der Waals surface area contributed by atoms with Gasteiger partial charge in [0.25, 0.3) is 0 Å². The number of aromatic hydroxyl groups is 1. The molecule has 1 aromatic rings. The van der Waals surface area contributed by atoms with Crippen LogP contribution < -0.4 is 5.32 Å². The van der Waals surface area contributed by atoms with Crippen molar-refractivity contribution in [2.45, 2.75) is 19.9 Å². The average molecular weight is 320 g/mol. The van der Waals surface area contributed by atoms with Crippen molar-refractivity contribution in [3.8, 4) is 5.75 Å². The predicted octanol–water partition coefficient (Wildman–Crippen LogP) is 1.29. The first kappa shape index (κ1) is 16.8. The van der Waals surface area contributed by atoms with E-state index in [1.165, 1.54) is 11.0 Å². The molecule has 124 valence electrons. The van der Waals surface area contributed by atoms with Gasteiger partial charge in [0.15, 0.2) is 0 Å². The first-order valence-corrected chi connectivity index (χ1v) is 7.35. The molecule has 0 spiro atoms. The lowest BCUT2D eigenvalue weighted by atomic mass is 9.94. The van der Waals surface area contributed by atoms with Crippen molar-refractivity contribution in [1.82, 2.24) is 10.2 Å². The number of esters is 1. The first-order valence-electron chi connectivity index (χ1n) is 7.35. The maximum absolute atomic E-state index is 12.4. The number of benzene rings is 1. The van der Waals surface area contributed by atoms with E-state index in [-0.39, 0.29) is 31.1 Å². The van der Waals surface area contributed by atoms with E-state index in [2.05, 4.69) is 5.32 Å². The molecule has 0 fully saturated rings. The summed E-state index contributed by atoms with van der Waals surface area (Å²) in [7, 11) is 0. The van der Waals surface area contributed by atoms with Crippen LogP contribution in [0, 0.1) is 0 Å². The number of amides is 2. The lowest BCUT2D eigenvalue weighted by molar-refractivity contribution is -0.139. The van der Waals surface area contributed by atoms with Crippen molar-refractivity contribution in [2.24, 2.45) is 0 Å². The Labute approximate surface area is 134 Å². The molecule has 0 radical (unpaired) electrons. The summed E-state index contributed by atoms with van der Waals surface area (Å²) < 4.78 is 5.09. The predicted molar refractivity (Wildman–Crippen MR) is 82.5 cm³/mol. The van der Waals surface area contributed by atoms with Gasteiger partial charge in [0.05, 0.1) is 31.4 Å². The van der Waals surface area contributed by atoms with Crippen LogP contribution in [0.15, 0.2) is 35.5 Å². The summed E-state index contributed by atoms with van der Waals surface area (Å²) in [6.07, 6.45) is 0. The molecule has 2 rings (SSSR count). The number of phenols is 1. The zero-order chi connectivity index (χ0) is 17.0. The van der Waals surface area contributed by atoms with Crippen LogP contribution in [0.5, 0.6) is 5.75 Å². The quantitative estimate of drug-likeness (QED) is 0.710. The number of carbonyl (C=O) groups is 2. The number of nitrogens with one attached hydrogen (secondary N) is 1. The molecule has 23 heavy (non-hydrogen) atoms. The van der Waals surface area contributed by atoms with E-state index >= 15 is 0 Å². The van der Waals surface area contributed by atoms with E-state index in [1.807, 2.05) is 0 Å². The SMILES string of the molecule is CCOC(=O)C1=C(C)N(CCO)C(=O)N[C@H]1c1ccccc1O. The molecule has 3 N–H and O–H groups in total. The minimum atomic E-state index is -0.808. The third-order valence-electron chi connectivity index (χ3n) is 3.66. The number of aliphatic hydroxyl groups is 1. The smallest absolute Gasteiger partial charge is 0.338 e. The molecule has 1 heterocycles. The number of carbonyl (C=O) groups excluding carboxylic acids is 2. The Morgan fingerprint density at radius 3 is 2.70 bits per heavy atom. The highest BCUT2D eigenvalue weighted by Crippen LogP contribution is 2.35.